The number of benzene rings is 2. The van der Waals surface area contributed by atoms with E-state index in [9.17, 15) is 18.0 Å². The van der Waals surface area contributed by atoms with E-state index >= 15 is 0 Å². The van der Waals surface area contributed by atoms with Crippen LogP contribution in [-0.4, -0.2) is 65.0 Å². The minimum atomic E-state index is -3.65. The van der Waals surface area contributed by atoms with Gasteiger partial charge in [0.05, 0.1) is 16.3 Å². The van der Waals surface area contributed by atoms with E-state index in [1.807, 2.05) is 6.07 Å². The second-order valence-electron chi connectivity index (χ2n) is 8.05. The lowest BCUT2D eigenvalue weighted by Gasteiger charge is -2.35. The Morgan fingerprint density at radius 2 is 1.55 bits per heavy atom. The van der Waals surface area contributed by atoms with E-state index in [0.29, 0.717) is 18.5 Å². The van der Waals surface area contributed by atoms with Gasteiger partial charge in [-0.05, 0) is 55.3 Å². The van der Waals surface area contributed by atoms with Gasteiger partial charge in [-0.15, -0.1) is 0 Å². The highest BCUT2D eigenvalue weighted by molar-refractivity contribution is 7.89. The molecule has 9 nitrogen and oxygen atoms in total. The van der Waals surface area contributed by atoms with E-state index in [2.05, 4.69) is 5.10 Å². The Balaban J connectivity index is 1.25. The second-order valence-corrected chi connectivity index (χ2v) is 9.99. The number of hydrogen-bond acceptors (Lipinski definition) is 5. The van der Waals surface area contributed by atoms with Crippen LogP contribution >= 0.6 is 0 Å². The third kappa shape index (κ3) is 3.91. The summed E-state index contributed by atoms with van der Waals surface area (Å²) in [6.07, 6.45) is 4.41. The molecule has 10 heteroatoms. The van der Waals surface area contributed by atoms with Crippen molar-refractivity contribution < 1.29 is 18.0 Å². The highest BCUT2D eigenvalue weighted by atomic mass is 32.2. The zero-order chi connectivity index (χ0) is 23.0. The number of rotatable bonds is 5. The van der Waals surface area contributed by atoms with Crippen molar-refractivity contribution in [3.8, 4) is 5.69 Å². The minimum absolute atomic E-state index is 0.0139. The van der Waals surface area contributed by atoms with Crippen LogP contribution in [0.3, 0.4) is 0 Å². The average molecular weight is 466 g/mol. The summed E-state index contributed by atoms with van der Waals surface area (Å²) in [5, 5.41) is 4.15. The number of para-hydroxylation sites is 1. The molecule has 0 bridgehead atoms. The highest BCUT2D eigenvalue weighted by Crippen LogP contribution is 2.28. The molecule has 2 saturated heterocycles. The van der Waals surface area contributed by atoms with Crippen LogP contribution in [0.5, 0.6) is 0 Å². The minimum Gasteiger partial charge on any atom is -0.312 e. The molecule has 2 fully saturated rings. The Morgan fingerprint density at radius 1 is 0.848 bits per heavy atom. The normalized spacial score (nSPS) is 18.3. The van der Waals surface area contributed by atoms with Gasteiger partial charge < -0.3 is 4.90 Å². The number of piperidine rings is 1. The smallest absolute Gasteiger partial charge is 0.312 e. The number of imide groups is 1. The predicted octanol–water partition coefficient (Wildman–Crippen LogP) is 2.49. The summed E-state index contributed by atoms with van der Waals surface area (Å²) in [6, 6.07) is 16.7. The number of amides is 3. The molecule has 3 aromatic rings. The lowest BCUT2D eigenvalue weighted by Crippen LogP contribution is -2.48. The Bertz CT molecular complexity index is 1250. The van der Waals surface area contributed by atoms with Crippen molar-refractivity contribution in [2.75, 3.05) is 24.5 Å². The highest BCUT2D eigenvalue weighted by Gasteiger charge is 2.42. The molecule has 33 heavy (non-hydrogen) atoms. The Labute approximate surface area is 191 Å². The first-order chi connectivity index (χ1) is 15.9. The van der Waals surface area contributed by atoms with Crippen molar-refractivity contribution in [3.63, 3.8) is 0 Å². The van der Waals surface area contributed by atoms with Crippen LogP contribution in [0.4, 0.5) is 10.5 Å². The van der Waals surface area contributed by atoms with Crippen molar-refractivity contribution in [2.24, 2.45) is 0 Å². The molecule has 2 aliphatic rings. The van der Waals surface area contributed by atoms with Gasteiger partial charge in [-0.2, -0.15) is 9.40 Å². The summed E-state index contributed by atoms with van der Waals surface area (Å²) in [7, 11) is -3.65. The number of anilines is 1. The molecule has 2 aliphatic heterocycles. The molecule has 0 aliphatic carbocycles. The molecule has 1 aromatic heterocycles. The maximum absolute atomic E-state index is 13.1. The van der Waals surface area contributed by atoms with Crippen LogP contribution in [0.15, 0.2) is 78.0 Å². The van der Waals surface area contributed by atoms with Crippen molar-refractivity contribution >= 4 is 27.6 Å². The van der Waals surface area contributed by atoms with Crippen LogP contribution in [0.25, 0.3) is 5.69 Å². The standard InChI is InChI=1S/C23H23N5O4S/c29-22-17-26(23(30)28(22)20-5-2-1-3-6-20)18-11-15-25(16-12-18)33(31,32)21-9-7-19(8-10-21)27-14-4-13-24-27/h1-10,13-14,18H,11-12,15-17H2. The van der Waals surface area contributed by atoms with Gasteiger partial charge in [0.25, 0.3) is 5.91 Å². The second kappa shape index (κ2) is 8.45. The molecule has 5 rings (SSSR count). The lowest BCUT2D eigenvalue weighted by molar-refractivity contribution is -0.116. The van der Waals surface area contributed by atoms with Gasteiger partial charge in [-0.1, -0.05) is 18.2 Å². The molecule has 2 aromatic carbocycles. The van der Waals surface area contributed by atoms with Crippen molar-refractivity contribution in [3.05, 3.63) is 73.1 Å². The van der Waals surface area contributed by atoms with Crippen LogP contribution < -0.4 is 4.90 Å². The number of carbonyl (C=O) groups excluding carboxylic acids is 2. The summed E-state index contributed by atoms with van der Waals surface area (Å²) >= 11 is 0. The molecular formula is C23H23N5O4S. The predicted molar refractivity (Wildman–Crippen MR) is 121 cm³/mol. The van der Waals surface area contributed by atoms with Gasteiger partial charge in [-0.3, -0.25) is 4.79 Å². The summed E-state index contributed by atoms with van der Waals surface area (Å²) in [5.74, 6) is -0.265. The Kier molecular flexibility index (Phi) is 5.47. The molecule has 3 amide bonds. The van der Waals surface area contributed by atoms with Crippen LogP contribution in [-0.2, 0) is 14.8 Å². The molecular weight excluding hydrogens is 442 g/mol. The van der Waals surface area contributed by atoms with Crippen molar-refractivity contribution in [2.45, 2.75) is 23.8 Å². The number of aromatic nitrogens is 2. The molecule has 0 radical (unpaired) electrons. The van der Waals surface area contributed by atoms with Gasteiger partial charge in [0.2, 0.25) is 10.0 Å². The third-order valence-corrected chi connectivity index (χ3v) is 8.03. The number of nitrogens with zero attached hydrogens (tertiary/aromatic N) is 5. The van der Waals surface area contributed by atoms with E-state index in [1.165, 1.54) is 9.21 Å². The van der Waals surface area contributed by atoms with Crippen LogP contribution in [0.1, 0.15) is 12.8 Å². The zero-order valence-corrected chi connectivity index (χ0v) is 18.6. The van der Waals surface area contributed by atoms with E-state index < -0.39 is 10.0 Å². The molecule has 0 atom stereocenters. The van der Waals surface area contributed by atoms with Crippen LogP contribution in [0.2, 0.25) is 0 Å². The molecule has 0 spiro atoms. The summed E-state index contributed by atoms with van der Waals surface area (Å²) in [6.45, 7) is 0.592. The number of carbonyl (C=O) groups is 2. The van der Waals surface area contributed by atoms with Gasteiger partial charge in [0.15, 0.2) is 0 Å². The van der Waals surface area contributed by atoms with Crippen molar-refractivity contribution in [1.29, 1.82) is 0 Å². The first-order valence-electron chi connectivity index (χ1n) is 10.7. The first-order valence-corrected chi connectivity index (χ1v) is 12.2. The zero-order valence-electron chi connectivity index (χ0n) is 17.8. The van der Waals surface area contributed by atoms with E-state index in [1.54, 1.807) is 76.6 Å². The fourth-order valence-electron chi connectivity index (χ4n) is 4.37. The van der Waals surface area contributed by atoms with E-state index in [-0.39, 0.29) is 42.5 Å². The van der Waals surface area contributed by atoms with Gasteiger partial charge in [0, 0.05) is 31.5 Å². The number of sulfonamides is 1. The largest absolute Gasteiger partial charge is 0.332 e. The van der Waals surface area contributed by atoms with Crippen molar-refractivity contribution in [1.82, 2.24) is 19.0 Å². The molecule has 170 valence electrons. The first kappa shape index (κ1) is 21.4. The van der Waals surface area contributed by atoms with Gasteiger partial charge >= 0.3 is 6.03 Å². The number of hydrogen-bond donors (Lipinski definition) is 0. The third-order valence-electron chi connectivity index (χ3n) is 6.11. The molecule has 0 N–H and O–H groups in total. The number of urea groups is 1. The molecule has 0 unspecified atom stereocenters. The van der Waals surface area contributed by atoms with Crippen LogP contribution in [0, 0.1) is 0 Å². The Hall–Kier alpha value is -3.50. The molecule has 3 heterocycles. The maximum atomic E-state index is 13.1. The summed E-state index contributed by atoms with van der Waals surface area (Å²) in [4.78, 5) is 28.4. The summed E-state index contributed by atoms with van der Waals surface area (Å²) in [5.41, 5.74) is 1.33. The fraction of sp³-hybridized carbons (Fsp3) is 0.261. The quantitative estimate of drug-likeness (QED) is 0.540. The van der Waals surface area contributed by atoms with E-state index in [0.717, 1.165) is 5.69 Å². The summed E-state index contributed by atoms with van der Waals surface area (Å²) < 4.78 is 29.4. The molecule has 0 saturated carbocycles. The Morgan fingerprint density at radius 3 is 2.18 bits per heavy atom. The van der Waals surface area contributed by atoms with Gasteiger partial charge in [-0.25, -0.2) is 22.8 Å². The fourth-order valence-corrected chi connectivity index (χ4v) is 5.84. The monoisotopic (exact) mass is 465 g/mol. The topological polar surface area (TPSA) is 95.8 Å². The van der Waals surface area contributed by atoms with E-state index in [4.69, 9.17) is 0 Å². The van der Waals surface area contributed by atoms with Gasteiger partial charge in [0.1, 0.15) is 6.54 Å². The average Bonchev–Trinajstić information content (AvgIpc) is 3.48. The maximum Gasteiger partial charge on any atom is 0.332 e. The SMILES string of the molecule is O=C1CN(C2CCN(S(=O)(=O)c3ccc(-n4cccn4)cc3)CC2)C(=O)N1c1ccccc1. The lowest BCUT2D eigenvalue weighted by atomic mass is 10.1.